The first-order valence-electron chi connectivity index (χ1n) is 7.38. The lowest BCUT2D eigenvalue weighted by Gasteiger charge is -2.26. The summed E-state index contributed by atoms with van der Waals surface area (Å²) >= 11 is 1.56. The average molecular weight is 336 g/mol. The van der Waals surface area contributed by atoms with E-state index in [1.807, 2.05) is 19.2 Å². The molecule has 0 saturated heterocycles. The third-order valence-corrected chi connectivity index (χ3v) is 4.35. The van der Waals surface area contributed by atoms with Crippen molar-refractivity contribution in [1.82, 2.24) is 9.88 Å². The first kappa shape index (κ1) is 17.2. The Morgan fingerprint density at radius 3 is 2.74 bits per heavy atom. The number of hydrogen-bond donors (Lipinski definition) is 1. The Morgan fingerprint density at radius 2 is 2.17 bits per heavy atom. The van der Waals surface area contributed by atoms with Gasteiger partial charge < -0.3 is 14.4 Å². The minimum Gasteiger partial charge on any atom is -0.481 e. The predicted octanol–water partition coefficient (Wildman–Crippen LogP) is 2.76. The predicted molar refractivity (Wildman–Crippen MR) is 86.8 cm³/mol. The van der Waals surface area contributed by atoms with Crippen molar-refractivity contribution in [2.75, 3.05) is 6.54 Å². The summed E-state index contributed by atoms with van der Waals surface area (Å²) in [5.41, 5.74) is 1.02. The van der Waals surface area contributed by atoms with Gasteiger partial charge >= 0.3 is 5.97 Å². The quantitative estimate of drug-likeness (QED) is 0.840. The van der Waals surface area contributed by atoms with Gasteiger partial charge in [-0.15, -0.1) is 11.3 Å². The highest BCUT2D eigenvalue weighted by atomic mass is 32.1. The average Bonchev–Trinajstić information content (AvgIpc) is 3.08. The van der Waals surface area contributed by atoms with Crippen molar-refractivity contribution in [1.29, 1.82) is 0 Å². The number of nitrogens with zero attached hydrogens (tertiary/aromatic N) is 2. The number of thiazole rings is 1. The molecule has 6 nitrogen and oxygen atoms in total. The number of carbonyl (C=O) groups is 2. The van der Waals surface area contributed by atoms with Crippen molar-refractivity contribution in [3.8, 4) is 0 Å². The van der Waals surface area contributed by atoms with Crippen LogP contribution in [-0.2, 0) is 17.6 Å². The van der Waals surface area contributed by atoms with Gasteiger partial charge in [-0.2, -0.15) is 0 Å². The van der Waals surface area contributed by atoms with E-state index in [0.29, 0.717) is 24.1 Å². The number of hydrogen-bond acceptors (Lipinski definition) is 5. The topological polar surface area (TPSA) is 83.6 Å². The molecule has 1 N–H and O–H groups in total. The van der Waals surface area contributed by atoms with Gasteiger partial charge in [0, 0.05) is 36.1 Å². The molecule has 7 heteroatoms. The Bertz CT molecular complexity index is 676. The number of aliphatic carboxylic acids is 1. The summed E-state index contributed by atoms with van der Waals surface area (Å²) in [4.78, 5) is 29.8. The van der Waals surface area contributed by atoms with Crippen LogP contribution in [0.5, 0.6) is 0 Å². The molecule has 0 aliphatic carbocycles. The van der Waals surface area contributed by atoms with E-state index in [9.17, 15) is 9.59 Å². The molecule has 1 amide bonds. The van der Waals surface area contributed by atoms with Crippen molar-refractivity contribution >= 4 is 23.2 Å². The summed E-state index contributed by atoms with van der Waals surface area (Å²) in [5, 5.41) is 11.8. The second-order valence-electron chi connectivity index (χ2n) is 5.56. The zero-order valence-electron chi connectivity index (χ0n) is 13.4. The van der Waals surface area contributed by atoms with E-state index in [1.165, 1.54) is 6.26 Å². The largest absolute Gasteiger partial charge is 0.481 e. The van der Waals surface area contributed by atoms with Crippen LogP contribution in [0.25, 0.3) is 0 Å². The van der Waals surface area contributed by atoms with Crippen LogP contribution in [0.1, 0.15) is 40.5 Å². The summed E-state index contributed by atoms with van der Waals surface area (Å²) in [6.45, 7) is 6.15. The Kier molecular flexibility index (Phi) is 5.54. The van der Waals surface area contributed by atoms with E-state index in [0.717, 1.165) is 5.01 Å². The van der Waals surface area contributed by atoms with Crippen molar-refractivity contribution < 1.29 is 19.1 Å². The van der Waals surface area contributed by atoms with Gasteiger partial charge in [0.1, 0.15) is 12.2 Å². The van der Waals surface area contributed by atoms with E-state index in [4.69, 9.17) is 9.52 Å². The number of carbonyl (C=O) groups excluding carboxylic acids is 1. The first-order valence-corrected chi connectivity index (χ1v) is 8.26. The fraction of sp³-hybridized carbons (Fsp3) is 0.438. The summed E-state index contributed by atoms with van der Waals surface area (Å²) in [6, 6.07) is -0.00515. The molecule has 0 fully saturated rings. The van der Waals surface area contributed by atoms with Crippen molar-refractivity contribution in [2.24, 2.45) is 0 Å². The van der Waals surface area contributed by atoms with Gasteiger partial charge in [0.2, 0.25) is 0 Å². The molecular weight excluding hydrogens is 316 g/mol. The summed E-state index contributed by atoms with van der Waals surface area (Å²) in [5.74, 6) is -1.01. The highest BCUT2D eigenvalue weighted by Gasteiger charge is 2.26. The highest BCUT2D eigenvalue weighted by Crippen LogP contribution is 2.21. The fourth-order valence-electron chi connectivity index (χ4n) is 2.38. The molecule has 124 valence electrons. The summed E-state index contributed by atoms with van der Waals surface area (Å²) in [7, 11) is 0. The van der Waals surface area contributed by atoms with E-state index < -0.39 is 5.97 Å². The smallest absolute Gasteiger partial charge is 0.311 e. The summed E-state index contributed by atoms with van der Waals surface area (Å²) < 4.78 is 5.27. The highest BCUT2D eigenvalue weighted by molar-refractivity contribution is 7.09. The first-order chi connectivity index (χ1) is 10.9. The molecular formula is C16H20N2O4S. The van der Waals surface area contributed by atoms with Gasteiger partial charge in [-0.3, -0.25) is 9.59 Å². The van der Waals surface area contributed by atoms with Gasteiger partial charge in [0.15, 0.2) is 0 Å². The number of rotatable bonds is 7. The Labute approximate surface area is 138 Å². The van der Waals surface area contributed by atoms with Gasteiger partial charge in [0.25, 0.3) is 5.91 Å². The van der Waals surface area contributed by atoms with Gasteiger partial charge in [-0.1, -0.05) is 0 Å². The molecule has 0 unspecified atom stereocenters. The molecule has 23 heavy (non-hydrogen) atoms. The molecule has 2 aromatic rings. The zero-order chi connectivity index (χ0) is 17.0. The molecule has 0 aliphatic heterocycles. The molecule has 0 atom stereocenters. The third-order valence-electron chi connectivity index (χ3n) is 3.51. The van der Waals surface area contributed by atoms with Crippen molar-refractivity contribution in [3.63, 3.8) is 0 Å². The number of aromatic nitrogens is 1. The van der Waals surface area contributed by atoms with Crippen molar-refractivity contribution in [2.45, 2.75) is 39.7 Å². The molecule has 0 aromatic carbocycles. The maximum absolute atomic E-state index is 12.9. The molecule has 2 rings (SSSR count). The summed E-state index contributed by atoms with van der Waals surface area (Å²) in [6.07, 6.45) is 3.55. The fourth-order valence-corrected chi connectivity index (χ4v) is 2.99. The molecule has 0 aliphatic rings. The molecule has 0 spiro atoms. The Hall–Kier alpha value is -2.15. The van der Waals surface area contributed by atoms with Crippen LogP contribution < -0.4 is 0 Å². The second-order valence-corrected chi connectivity index (χ2v) is 6.53. The lowest BCUT2D eigenvalue weighted by atomic mass is 10.1. The van der Waals surface area contributed by atoms with E-state index in [2.05, 4.69) is 4.98 Å². The number of carboxylic acids is 1. The van der Waals surface area contributed by atoms with Gasteiger partial charge in [0.05, 0.1) is 16.8 Å². The number of amides is 1. The standard InChI is InChI=1S/C16H20N2O4S/c1-10(2)18(6-4-13-17-5-7-23-13)16(21)15-11(3)9-22-12(15)8-14(19)20/h5,7,9-10H,4,6,8H2,1-3H3,(H,19,20). The number of aryl methyl sites for hydroxylation is 1. The van der Waals surface area contributed by atoms with Crippen LogP contribution in [0.15, 0.2) is 22.3 Å². The second kappa shape index (κ2) is 7.41. The molecule has 0 bridgehead atoms. The number of furan rings is 1. The van der Waals surface area contributed by atoms with E-state index in [1.54, 1.807) is 29.4 Å². The van der Waals surface area contributed by atoms with Crippen LogP contribution in [0.3, 0.4) is 0 Å². The lowest BCUT2D eigenvalue weighted by Crippen LogP contribution is -2.39. The molecule has 2 aromatic heterocycles. The minimum atomic E-state index is -1.02. The normalized spacial score (nSPS) is 11.0. The van der Waals surface area contributed by atoms with Crippen LogP contribution in [-0.4, -0.2) is 39.5 Å². The third kappa shape index (κ3) is 4.19. The molecule has 0 radical (unpaired) electrons. The van der Waals surface area contributed by atoms with Gasteiger partial charge in [-0.25, -0.2) is 4.98 Å². The lowest BCUT2D eigenvalue weighted by molar-refractivity contribution is -0.136. The minimum absolute atomic E-state index is 0.00515. The van der Waals surface area contributed by atoms with Crippen LogP contribution in [0, 0.1) is 6.92 Å². The van der Waals surface area contributed by atoms with Gasteiger partial charge in [-0.05, 0) is 20.8 Å². The molecule has 0 saturated carbocycles. The Balaban J connectivity index is 2.20. The van der Waals surface area contributed by atoms with Crippen LogP contribution in [0.4, 0.5) is 0 Å². The SMILES string of the molecule is Cc1coc(CC(=O)O)c1C(=O)N(CCc1nccs1)C(C)C. The van der Waals surface area contributed by atoms with Crippen molar-refractivity contribution in [3.05, 3.63) is 39.7 Å². The van der Waals surface area contributed by atoms with E-state index in [-0.39, 0.29) is 24.1 Å². The molecule has 2 heterocycles. The zero-order valence-corrected chi connectivity index (χ0v) is 14.2. The Morgan fingerprint density at radius 1 is 1.43 bits per heavy atom. The monoisotopic (exact) mass is 336 g/mol. The van der Waals surface area contributed by atoms with Crippen LogP contribution in [0.2, 0.25) is 0 Å². The van der Waals surface area contributed by atoms with E-state index >= 15 is 0 Å². The maximum atomic E-state index is 12.9. The van der Waals surface area contributed by atoms with Crippen LogP contribution >= 0.6 is 11.3 Å². The maximum Gasteiger partial charge on any atom is 0.311 e. The number of carboxylic acid groups (broad SMARTS) is 1.